The highest BCUT2D eigenvalue weighted by molar-refractivity contribution is 5.78. The number of para-hydroxylation sites is 1. The maximum atomic E-state index is 12.2. The summed E-state index contributed by atoms with van der Waals surface area (Å²) in [5, 5.41) is 2.51. The molecule has 4 nitrogen and oxygen atoms in total. The number of halogens is 3. The standard InChI is InChI=1S/C12H15F3N2O2/c1-8(6-16)11(18)17-7-9-4-2-3-5-10(9)19-12(13,14)15/h2-5,8H,6-7,16H2,1H3,(H,17,18). The molecule has 1 aromatic carbocycles. The minimum Gasteiger partial charge on any atom is -0.405 e. The zero-order valence-corrected chi connectivity index (χ0v) is 10.3. The number of nitrogens with one attached hydrogen (secondary N) is 1. The first-order valence-corrected chi connectivity index (χ1v) is 5.65. The topological polar surface area (TPSA) is 64.4 Å². The summed E-state index contributed by atoms with van der Waals surface area (Å²) in [6, 6.07) is 5.64. The Morgan fingerprint density at radius 2 is 2.05 bits per heavy atom. The Kier molecular flexibility index (Phi) is 5.17. The minimum atomic E-state index is -4.76. The lowest BCUT2D eigenvalue weighted by atomic mass is 10.1. The summed E-state index contributed by atoms with van der Waals surface area (Å²) in [6.45, 7) is 1.76. The fourth-order valence-corrected chi connectivity index (χ4v) is 1.34. The average molecular weight is 276 g/mol. The van der Waals surface area contributed by atoms with Gasteiger partial charge < -0.3 is 15.8 Å². The van der Waals surface area contributed by atoms with Crippen molar-refractivity contribution in [1.29, 1.82) is 0 Å². The van der Waals surface area contributed by atoms with Crippen LogP contribution in [0, 0.1) is 5.92 Å². The molecule has 0 fully saturated rings. The highest BCUT2D eigenvalue weighted by Crippen LogP contribution is 2.26. The lowest BCUT2D eigenvalue weighted by Crippen LogP contribution is -2.33. The van der Waals surface area contributed by atoms with Gasteiger partial charge in [-0.3, -0.25) is 4.79 Å². The van der Waals surface area contributed by atoms with Crippen LogP contribution in [0.5, 0.6) is 5.75 Å². The molecule has 1 amide bonds. The second-order valence-corrected chi connectivity index (χ2v) is 4.01. The van der Waals surface area contributed by atoms with E-state index in [-0.39, 0.29) is 30.3 Å². The molecule has 0 radical (unpaired) electrons. The van der Waals surface area contributed by atoms with Crippen LogP contribution in [0.25, 0.3) is 0 Å². The molecule has 0 aliphatic carbocycles. The monoisotopic (exact) mass is 276 g/mol. The summed E-state index contributed by atoms with van der Waals surface area (Å²) in [4.78, 5) is 11.5. The van der Waals surface area contributed by atoms with Crippen LogP contribution >= 0.6 is 0 Å². The van der Waals surface area contributed by atoms with Gasteiger partial charge in [-0.05, 0) is 6.07 Å². The molecule has 106 valence electrons. The van der Waals surface area contributed by atoms with E-state index in [1.807, 2.05) is 0 Å². The Morgan fingerprint density at radius 1 is 1.42 bits per heavy atom. The van der Waals surface area contributed by atoms with E-state index in [2.05, 4.69) is 10.1 Å². The predicted molar refractivity (Wildman–Crippen MR) is 63.2 cm³/mol. The maximum absolute atomic E-state index is 12.2. The summed E-state index contributed by atoms with van der Waals surface area (Å²) < 4.78 is 40.4. The van der Waals surface area contributed by atoms with Gasteiger partial charge in [0.05, 0.1) is 0 Å². The number of carbonyl (C=O) groups excluding carboxylic acids is 1. The van der Waals surface area contributed by atoms with Crippen molar-refractivity contribution in [3.63, 3.8) is 0 Å². The van der Waals surface area contributed by atoms with Crippen LogP contribution in [-0.2, 0) is 11.3 Å². The zero-order chi connectivity index (χ0) is 14.5. The number of hydrogen-bond acceptors (Lipinski definition) is 3. The molecule has 1 rings (SSSR count). The molecule has 0 aromatic heterocycles. The molecule has 0 saturated carbocycles. The van der Waals surface area contributed by atoms with Crippen LogP contribution in [0.1, 0.15) is 12.5 Å². The highest BCUT2D eigenvalue weighted by Gasteiger charge is 2.32. The summed E-state index contributed by atoms with van der Waals surface area (Å²) in [6.07, 6.45) is -4.76. The van der Waals surface area contributed by atoms with Crippen LogP contribution in [-0.4, -0.2) is 18.8 Å². The van der Waals surface area contributed by atoms with Crippen molar-refractivity contribution in [3.05, 3.63) is 29.8 Å². The van der Waals surface area contributed by atoms with Crippen molar-refractivity contribution in [3.8, 4) is 5.75 Å². The second kappa shape index (κ2) is 6.42. The van der Waals surface area contributed by atoms with Crippen molar-refractivity contribution in [2.45, 2.75) is 19.8 Å². The third-order valence-corrected chi connectivity index (χ3v) is 2.45. The van der Waals surface area contributed by atoms with Gasteiger partial charge in [0.15, 0.2) is 0 Å². The van der Waals surface area contributed by atoms with E-state index < -0.39 is 12.3 Å². The van der Waals surface area contributed by atoms with Crippen molar-refractivity contribution >= 4 is 5.91 Å². The number of alkyl halides is 3. The van der Waals surface area contributed by atoms with E-state index in [1.54, 1.807) is 13.0 Å². The first-order chi connectivity index (χ1) is 8.83. The molecule has 7 heteroatoms. The quantitative estimate of drug-likeness (QED) is 0.862. The first kappa shape index (κ1) is 15.3. The van der Waals surface area contributed by atoms with Crippen molar-refractivity contribution in [2.24, 2.45) is 11.7 Å². The van der Waals surface area contributed by atoms with E-state index in [4.69, 9.17) is 5.73 Å². The van der Waals surface area contributed by atoms with E-state index >= 15 is 0 Å². The lowest BCUT2D eigenvalue weighted by Gasteiger charge is -2.14. The number of nitrogens with two attached hydrogens (primary N) is 1. The fourth-order valence-electron chi connectivity index (χ4n) is 1.34. The molecule has 0 aliphatic rings. The number of hydrogen-bond donors (Lipinski definition) is 2. The molecule has 1 aromatic rings. The SMILES string of the molecule is CC(CN)C(=O)NCc1ccccc1OC(F)(F)F. The lowest BCUT2D eigenvalue weighted by molar-refractivity contribution is -0.274. The molecule has 1 unspecified atom stereocenters. The van der Waals surface area contributed by atoms with E-state index in [9.17, 15) is 18.0 Å². The molecule has 0 heterocycles. The van der Waals surface area contributed by atoms with Gasteiger partial charge in [0, 0.05) is 24.6 Å². The molecular formula is C12H15F3N2O2. The van der Waals surface area contributed by atoms with E-state index in [0.717, 1.165) is 0 Å². The number of amides is 1. The maximum Gasteiger partial charge on any atom is 0.573 e. The first-order valence-electron chi connectivity index (χ1n) is 5.65. The molecule has 3 N–H and O–H groups in total. The Morgan fingerprint density at radius 3 is 2.63 bits per heavy atom. The average Bonchev–Trinajstić information content (AvgIpc) is 2.34. The Labute approximate surface area is 108 Å². The smallest absolute Gasteiger partial charge is 0.405 e. The summed E-state index contributed by atoms with van der Waals surface area (Å²) in [5.41, 5.74) is 5.57. The molecule has 0 spiro atoms. The minimum absolute atomic E-state index is 0.0462. The third kappa shape index (κ3) is 5.17. The number of carbonyl (C=O) groups is 1. The van der Waals surface area contributed by atoms with Crippen LogP contribution in [0.4, 0.5) is 13.2 Å². The number of rotatable bonds is 5. The summed E-state index contributed by atoms with van der Waals surface area (Å²) in [7, 11) is 0. The van der Waals surface area contributed by atoms with Crippen molar-refractivity contribution in [1.82, 2.24) is 5.32 Å². The molecule has 0 aliphatic heterocycles. The number of benzene rings is 1. The van der Waals surface area contributed by atoms with Gasteiger partial charge in [0.25, 0.3) is 0 Å². The Balaban J connectivity index is 2.71. The van der Waals surface area contributed by atoms with Gasteiger partial charge in [-0.1, -0.05) is 25.1 Å². The van der Waals surface area contributed by atoms with Crippen molar-refractivity contribution < 1.29 is 22.7 Å². The summed E-state index contributed by atoms with van der Waals surface area (Å²) in [5.74, 6) is -1.03. The van der Waals surface area contributed by atoms with Crippen LogP contribution in [0.3, 0.4) is 0 Å². The molecule has 19 heavy (non-hydrogen) atoms. The Bertz CT molecular complexity index is 435. The molecule has 0 saturated heterocycles. The molecule has 0 bridgehead atoms. The fraction of sp³-hybridized carbons (Fsp3) is 0.417. The van der Waals surface area contributed by atoms with Crippen LogP contribution < -0.4 is 15.8 Å². The molecule has 1 atom stereocenters. The van der Waals surface area contributed by atoms with Crippen LogP contribution in [0.15, 0.2) is 24.3 Å². The van der Waals surface area contributed by atoms with Gasteiger partial charge >= 0.3 is 6.36 Å². The predicted octanol–water partition coefficient (Wildman–Crippen LogP) is 1.80. The zero-order valence-electron chi connectivity index (χ0n) is 10.3. The van der Waals surface area contributed by atoms with Gasteiger partial charge in [0.2, 0.25) is 5.91 Å². The van der Waals surface area contributed by atoms with Crippen LogP contribution in [0.2, 0.25) is 0 Å². The number of ether oxygens (including phenoxy) is 1. The van der Waals surface area contributed by atoms with E-state index in [0.29, 0.717) is 0 Å². The van der Waals surface area contributed by atoms with Crippen molar-refractivity contribution in [2.75, 3.05) is 6.54 Å². The normalized spacial score (nSPS) is 12.9. The molecular weight excluding hydrogens is 261 g/mol. The van der Waals surface area contributed by atoms with Gasteiger partial charge in [-0.15, -0.1) is 13.2 Å². The second-order valence-electron chi connectivity index (χ2n) is 4.01. The highest BCUT2D eigenvalue weighted by atomic mass is 19.4. The van der Waals surface area contributed by atoms with Gasteiger partial charge in [0.1, 0.15) is 5.75 Å². The third-order valence-electron chi connectivity index (χ3n) is 2.45. The van der Waals surface area contributed by atoms with Gasteiger partial charge in [-0.2, -0.15) is 0 Å². The Hall–Kier alpha value is -1.76. The van der Waals surface area contributed by atoms with Gasteiger partial charge in [-0.25, -0.2) is 0 Å². The largest absolute Gasteiger partial charge is 0.573 e. The summed E-state index contributed by atoms with van der Waals surface area (Å²) >= 11 is 0. The van der Waals surface area contributed by atoms with E-state index in [1.165, 1.54) is 18.2 Å².